The van der Waals surface area contributed by atoms with Crippen LogP contribution in [0.2, 0.25) is 0 Å². The summed E-state index contributed by atoms with van der Waals surface area (Å²) in [5, 5.41) is 7.42. The topological polar surface area (TPSA) is 68.8 Å². The predicted octanol–water partition coefficient (Wildman–Crippen LogP) is -3.62. The summed E-state index contributed by atoms with van der Waals surface area (Å²) in [4.78, 5) is 9.00. The first-order valence-corrected chi connectivity index (χ1v) is 0.928. The number of hydrogen-bond donors (Lipinski definition) is 1. The molecule has 0 aromatic heterocycles. The molecule has 0 atom stereocenters. The third-order valence-electron chi connectivity index (χ3n) is 0. The van der Waals surface area contributed by atoms with Crippen LogP contribution in [0.4, 0.5) is 0 Å². The summed E-state index contributed by atoms with van der Waals surface area (Å²) >= 11 is 0. The second kappa shape index (κ2) is 15.6. The van der Waals surface area contributed by atoms with E-state index in [-0.39, 0.29) is 74.8 Å². The third kappa shape index (κ3) is 96.0. The van der Waals surface area contributed by atoms with Crippen LogP contribution in [0.3, 0.4) is 0 Å². The number of hydrogen-bond acceptors (Lipinski definition) is 1. The van der Waals surface area contributed by atoms with Crippen molar-refractivity contribution in [3.63, 3.8) is 0 Å². The van der Waals surface area contributed by atoms with Crippen LogP contribution in [-0.2, 0) is 21.3 Å². The Bertz CT molecular complexity index is 40.3. The van der Waals surface area contributed by atoms with E-state index < -0.39 is 5.97 Å². The monoisotopic (exact) mass is 176 g/mol. The molecule has 44 valence electrons. The number of carboxylic acid groups (broad SMARTS) is 1. The quantitative estimate of drug-likeness (QED) is 0.388. The smallest absolute Gasteiger partial charge is 1.00 e. The molecule has 0 unspecified atom stereocenters. The second-order valence-electron chi connectivity index (χ2n) is 0.519. The summed E-state index contributed by atoms with van der Waals surface area (Å²) in [6.45, 7) is 1.08. The van der Waals surface area contributed by atoms with Gasteiger partial charge in [0.05, 0.1) is 0 Å². The molecular weight excluding hydrogens is 170 g/mol. The van der Waals surface area contributed by atoms with Gasteiger partial charge in [0.25, 0.3) is 5.97 Å². The molecule has 0 saturated heterocycles. The fourth-order valence-electron chi connectivity index (χ4n) is 0. The minimum atomic E-state index is -0.833. The SMILES string of the molecule is CC(=O)O.O.[H-].[K+].[Ni]. The van der Waals surface area contributed by atoms with Gasteiger partial charge in [0, 0.05) is 23.4 Å². The Labute approximate surface area is 96.0 Å². The molecule has 0 aliphatic heterocycles. The Morgan fingerprint density at radius 2 is 1.71 bits per heavy atom. The molecule has 0 bridgehead atoms. The van der Waals surface area contributed by atoms with Gasteiger partial charge >= 0.3 is 51.4 Å². The molecule has 7 heavy (non-hydrogen) atoms. The molecule has 0 rings (SSSR count). The summed E-state index contributed by atoms with van der Waals surface area (Å²) in [6.07, 6.45) is 0. The average Bonchev–Trinajstić information content (AvgIpc) is 0.811. The van der Waals surface area contributed by atoms with E-state index in [1.807, 2.05) is 0 Å². The second-order valence-corrected chi connectivity index (χ2v) is 0.519. The molecule has 0 aliphatic rings. The van der Waals surface area contributed by atoms with Crippen molar-refractivity contribution in [2.24, 2.45) is 0 Å². The zero-order valence-electron chi connectivity index (χ0n) is 5.17. The maximum atomic E-state index is 9.00. The van der Waals surface area contributed by atoms with E-state index in [0.717, 1.165) is 6.92 Å². The number of rotatable bonds is 0. The molecule has 0 aromatic rings. The average molecular weight is 177 g/mol. The van der Waals surface area contributed by atoms with Gasteiger partial charge < -0.3 is 12.0 Å². The van der Waals surface area contributed by atoms with Crippen LogP contribution >= 0.6 is 0 Å². The van der Waals surface area contributed by atoms with Gasteiger partial charge in [-0.15, -0.1) is 0 Å². The Hall–Kier alpha value is 1.56. The molecule has 0 radical (unpaired) electrons. The van der Waals surface area contributed by atoms with E-state index in [1.165, 1.54) is 0 Å². The molecule has 0 aromatic carbocycles. The van der Waals surface area contributed by atoms with Gasteiger partial charge in [0.2, 0.25) is 0 Å². The van der Waals surface area contributed by atoms with Crippen molar-refractivity contribution in [1.29, 1.82) is 0 Å². The van der Waals surface area contributed by atoms with Gasteiger partial charge in [-0.05, 0) is 0 Å². The van der Waals surface area contributed by atoms with Crippen molar-refractivity contribution in [3.8, 4) is 0 Å². The molecule has 3 N–H and O–H groups in total. The van der Waals surface area contributed by atoms with Crippen LogP contribution in [0, 0.1) is 0 Å². The zero-order valence-corrected chi connectivity index (χ0v) is 8.28. The number of carboxylic acids is 1. The maximum absolute atomic E-state index is 9.00. The van der Waals surface area contributed by atoms with E-state index in [4.69, 9.17) is 9.90 Å². The number of carbonyl (C=O) groups is 1. The summed E-state index contributed by atoms with van der Waals surface area (Å²) in [5.74, 6) is -0.833. The van der Waals surface area contributed by atoms with Crippen molar-refractivity contribution in [2.45, 2.75) is 6.92 Å². The molecule has 0 aliphatic carbocycles. The van der Waals surface area contributed by atoms with Crippen LogP contribution in [-0.4, -0.2) is 16.6 Å². The molecule has 0 spiro atoms. The van der Waals surface area contributed by atoms with Crippen LogP contribution in [0.5, 0.6) is 0 Å². The number of aliphatic carboxylic acids is 1. The van der Waals surface area contributed by atoms with Crippen LogP contribution < -0.4 is 51.4 Å². The van der Waals surface area contributed by atoms with E-state index in [0.29, 0.717) is 0 Å². The largest absolute Gasteiger partial charge is 1.00 e. The van der Waals surface area contributed by atoms with Crippen molar-refractivity contribution in [2.75, 3.05) is 0 Å². The fraction of sp³-hybridized carbons (Fsp3) is 0.500. The summed E-state index contributed by atoms with van der Waals surface area (Å²) in [7, 11) is 0. The Morgan fingerprint density at radius 1 is 1.71 bits per heavy atom. The van der Waals surface area contributed by atoms with Crippen molar-refractivity contribution in [3.05, 3.63) is 0 Å². The van der Waals surface area contributed by atoms with Crippen molar-refractivity contribution >= 4 is 5.97 Å². The van der Waals surface area contributed by atoms with Gasteiger partial charge in [-0.2, -0.15) is 0 Å². The minimum Gasteiger partial charge on any atom is -1.00 e. The van der Waals surface area contributed by atoms with Crippen LogP contribution in [0.25, 0.3) is 0 Å². The first-order valence-electron chi connectivity index (χ1n) is 0.928. The molecular formula is C2H7KNiO3. The standard InChI is InChI=1S/C2H4O2.K.Ni.H2O.H/c1-2(3)4;;;;/h1H3,(H,3,4);;;1H2;/q;+1;;;-1. The minimum absolute atomic E-state index is 0. The van der Waals surface area contributed by atoms with Gasteiger partial charge in [0.15, 0.2) is 0 Å². The molecule has 0 heterocycles. The molecule has 5 heteroatoms. The fourth-order valence-corrected chi connectivity index (χ4v) is 0. The Balaban J connectivity index is -0.00000000750. The predicted molar refractivity (Wildman–Crippen MR) is 18.0 cm³/mol. The van der Waals surface area contributed by atoms with Gasteiger partial charge in [-0.1, -0.05) is 0 Å². The van der Waals surface area contributed by atoms with Gasteiger partial charge in [-0.3, -0.25) is 4.79 Å². The maximum Gasteiger partial charge on any atom is 1.00 e. The van der Waals surface area contributed by atoms with Crippen LogP contribution in [0.15, 0.2) is 0 Å². The van der Waals surface area contributed by atoms with E-state index in [1.54, 1.807) is 0 Å². The van der Waals surface area contributed by atoms with E-state index >= 15 is 0 Å². The molecule has 0 saturated carbocycles. The third-order valence-corrected chi connectivity index (χ3v) is 0. The Morgan fingerprint density at radius 3 is 1.71 bits per heavy atom. The normalized spacial score (nSPS) is 3.57. The Kier molecular flexibility index (Phi) is 52.6. The zero-order chi connectivity index (χ0) is 3.58. The molecule has 0 fully saturated rings. The first-order chi connectivity index (χ1) is 1.73. The van der Waals surface area contributed by atoms with Crippen molar-refractivity contribution < 1.29 is 84.7 Å². The van der Waals surface area contributed by atoms with Crippen molar-refractivity contribution in [1.82, 2.24) is 0 Å². The van der Waals surface area contributed by atoms with E-state index in [2.05, 4.69) is 0 Å². The van der Waals surface area contributed by atoms with E-state index in [9.17, 15) is 0 Å². The summed E-state index contributed by atoms with van der Waals surface area (Å²) < 4.78 is 0. The van der Waals surface area contributed by atoms with Crippen LogP contribution in [0.1, 0.15) is 8.35 Å². The van der Waals surface area contributed by atoms with Gasteiger partial charge in [0.1, 0.15) is 0 Å². The molecule has 3 nitrogen and oxygen atoms in total. The summed E-state index contributed by atoms with van der Waals surface area (Å²) in [5.41, 5.74) is 0. The van der Waals surface area contributed by atoms with Gasteiger partial charge in [-0.25, -0.2) is 0 Å². The summed E-state index contributed by atoms with van der Waals surface area (Å²) in [6, 6.07) is 0. The first kappa shape index (κ1) is 23.5. The molecule has 0 amide bonds.